The van der Waals surface area contributed by atoms with Gasteiger partial charge in [-0.05, 0) is 193 Å². The van der Waals surface area contributed by atoms with Gasteiger partial charge < -0.3 is 68.5 Å². The molecule has 3 N–H and O–H groups in total. The van der Waals surface area contributed by atoms with Gasteiger partial charge in [0, 0.05) is 129 Å². The molecule has 31 nitrogen and oxygen atoms in total. The van der Waals surface area contributed by atoms with Gasteiger partial charge in [-0.3, -0.25) is 67.8 Å². The van der Waals surface area contributed by atoms with E-state index < -0.39 is 18.1 Å². The Morgan fingerprint density at radius 1 is 0.379 bits per heavy atom. The van der Waals surface area contributed by atoms with E-state index in [0.29, 0.717) is 162 Å². The second-order valence-electron chi connectivity index (χ2n) is 35.8. The van der Waals surface area contributed by atoms with Gasteiger partial charge in [-0.2, -0.15) is 0 Å². The topological polar surface area (TPSA) is 312 Å². The number of fused-ring (bicyclic) bond motifs is 3. The minimum Gasteiger partial charge on any atom is -0.493 e. The summed E-state index contributed by atoms with van der Waals surface area (Å²) >= 11 is 0. The van der Waals surface area contributed by atoms with E-state index in [1.54, 1.807) is 104 Å². The molecule has 6 aliphatic heterocycles. The molecular weight excluding hydrogens is 1770 g/mol. The summed E-state index contributed by atoms with van der Waals surface area (Å²) in [5.74, 6) is 2.03. The summed E-state index contributed by atoms with van der Waals surface area (Å²) in [6, 6.07) is 65.7. The molecule has 140 heavy (non-hydrogen) atoms. The lowest BCUT2D eigenvalue weighted by Crippen LogP contribution is -2.47. The maximum Gasteiger partial charge on any atom is 0.264 e. The minimum atomic E-state index is -0.608. The molecule has 17 rings (SSSR count). The van der Waals surface area contributed by atoms with Gasteiger partial charge in [0.2, 0.25) is 11.9 Å². The Balaban J connectivity index is 0.000000159. The van der Waals surface area contributed by atoms with Gasteiger partial charge in [0.05, 0.1) is 124 Å². The lowest BCUT2D eigenvalue weighted by atomic mass is 9.99. The van der Waals surface area contributed by atoms with E-state index in [-0.39, 0.29) is 53.3 Å². The van der Waals surface area contributed by atoms with Crippen LogP contribution in [0.2, 0.25) is 0 Å². The summed E-state index contributed by atoms with van der Waals surface area (Å²) in [4.78, 5) is 139. The van der Waals surface area contributed by atoms with Gasteiger partial charge in [-0.1, -0.05) is 133 Å². The number of aromatic nitrogens is 3. The molecule has 3 fully saturated rings. The second kappa shape index (κ2) is 46.7. The zero-order chi connectivity index (χ0) is 98.6. The Morgan fingerprint density at radius 3 is 1.02 bits per heavy atom. The maximum absolute atomic E-state index is 14.4. The smallest absolute Gasteiger partial charge is 0.264 e. The van der Waals surface area contributed by atoms with Crippen molar-refractivity contribution >= 4 is 70.3 Å². The van der Waals surface area contributed by atoms with Crippen molar-refractivity contribution in [2.75, 3.05) is 181 Å². The van der Waals surface area contributed by atoms with Crippen LogP contribution in [-0.4, -0.2) is 258 Å². The molecule has 0 spiro atoms. The molecule has 6 aliphatic rings. The van der Waals surface area contributed by atoms with Gasteiger partial charge in [-0.15, -0.1) is 0 Å². The van der Waals surface area contributed by atoms with Crippen molar-refractivity contribution in [3.05, 3.63) is 303 Å². The number of nitrogens with zero attached hydrogens (tertiary/aromatic N) is 13. The molecular formula is C109H126N16O15. The predicted octanol–water partition coefficient (Wildman–Crippen LogP) is 15.4. The van der Waals surface area contributed by atoms with E-state index in [0.717, 1.165) is 112 Å². The van der Waals surface area contributed by atoms with Crippen LogP contribution in [0.15, 0.2) is 229 Å². The number of nitrogens with one attached hydrogen (secondary N) is 3. The highest BCUT2D eigenvalue weighted by Crippen LogP contribution is 2.46. The molecule has 8 amide bonds. The van der Waals surface area contributed by atoms with Crippen molar-refractivity contribution in [2.24, 2.45) is 0 Å². The van der Waals surface area contributed by atoms with Crippen LogP contribution in [0.25, 0.3) is 0 Å². The van der Waals surface area contributed by atoms with Crippen molar-refractivity contribution in [1.29, 1.82) is 0 Å². The molecule has 3 saturated heterocycles. The number of imide groups is 3. The van der Waals surface area contributed by atoms with Gasteiger partial charge in [-0.25, -0.2) is 9.97 Å². The van der Waals surface area contributed by atoms with Crippen LogP contribution in [0.3, 0.4) is 0 Å². The number of likely N-dealkylation sites (N-methyl/N-ethyl adjacent to an activating group) is 1. The fourth-order valence-electron chi connectivity index (χ4n) is 19.8. The normalized spacial score (nSPS) is 16.2. The molecule has 31 heteroatoms. The molecule has 0 saturated carbocycles. The number of aryl methyl sites for hydroxylation is 1. The van der Waals surface area contributed by atoms with Gasteiger partial charge in [0.25, 0.3) is 41.4 Å². The molecule has 8 heterocycles. The monoisotopic (exact) mass is 1900 g/mol. The first-order chi connectivity index (χ1) is 68.0. The first-order valence-corrected chi connectivity index (χ1v) is 48.0. The summed E-state index contributed by atoms with van der Waals surface area (Å²) in [5.41, 5.74) is 11.6. The number of piperazine rings is 3. The van der Waals surface area contributed by atoms with Crippen molar-refractivity contribution in [2.45, 2.75) is 102 Å². The van der Waals surface area contributed by atoms with E-state index in [1.807, 2.05) is 110 Å². The Hall–Kier alpha value is -14.5. The highest BCUT2D eigenvalue weighted by Gasteiger charge is 2.47. The Labute approximate surface area is 818 Å². The number of rotatable bonds is 37. The average Bonchev–Trinajstić information content (AvgIpc) is 1.60. The van der Waals surface area contributed by atoms with Crippen molar-refractivity contribution in [3.63, 3.8) is 0 Å². The van der Waals surface area contributed by atoms with Crippen LogP contribution in [0.1, 0.15) is 207 Å². The quantitative estimate of drug-likeness (QED) is 0.0241. The standard InChI is InChI=1S/C37H41N5O6.C36H40N6O4.C36H45N5O5/c1-24(26-10-6-5-7-11-26)40-18-20-41(21-19-40)31-13-8-12-28-34(31)37(45)42(36(28)44)30(27-15-16-32(46-3)33(22-27)47-4)14-9-17-38-35(43)29-23-39-48-25(29)2;1-25(26-10-5-4-6-11-26)40-20-22-41(23-21-40)30-13-7-12-28-33(30)35(44)42(34(28)43)29(14-8-17-37-36-38-18-9-19-39-36)27-15-16-31(45-2)32(24-27)46-3;1-25(26-11-7-6-8-12-26)39-19-21-40(22-20-39)30-14-9-13-28-34(30)36(44)41(35(28)43)29(15-10-18-37-33(42)24-38(2)3)27-16-17-31(45-4)32(23-27)46-5/h5-8,10-13,15-16,22-24,30H,9,14,17-21H2,1-4H3,(H,38,43);4-7,9-13,15-16,18-19,24-25,29H,8,14,17,20-23H2,1-3H3,(H,37,38,39);6-9,11-14,16-17,23,25,29H,10,15,18-22,24H2,1-5H3,(H,37,42)/t24-,30-;2*25-,29-/m111/s1. The van der Waals surface area contributed by atoms with Crippen molar-refractivity contribution in [1.82, 2.24) is 60.1 Å². The molecule has 0 bridgehead atoms. The highest BCUT2D eigenvalue weighted by molar-refractivity contribution is 6.26. The summed E-state index contributed by atoms with van der Waals surface area (Å²) in [6.07, 6.45) is 7.90. The minimum absolute atomic E-state index is 0.0729. The van der Waals surface area contributed by atoms with E-state index >= 15 is 0 Å². The largest absolute Gasteiger partial charge is 0.493 e. The lowest BCUT2D eigenvalue weighted by Gasteiger charge is -2.39. The number of anilines is 4. The number of carbonyl (C=O) groups excluding carboxylic acids is 8. The van der Waals surface area contributed by atoms with Crippen LogP contribution in [0.4, 0.5) is 23.0 Å². The van der Waals surface area contributed by atoms with E-state index in [2.05, 4.69) is 154 Å². The van der Waals surface area contributed by atoms with Gasteiger partial charge in [0.15, 0.2) is 34.5 Å². The van der Waals surface area contributed by atoms with Crippen LogP contribution < -0.4 is 59.1 Å². The summed E-state index contributed by atoms with van der Waals surface area (Å²) in [6.45, 7) is 19.6. The highest BCUT2D eigenvalue weighted by atomic mass is 16.5. The maximum atomic E-state index is 14.4. The molecule has 2 aromatic heterocycles. The zero-order valence-corrected chi connectivity index (χ0v) is 81.8. The molecule has 0 radical (unpaired) electrons. The number of ether oxygens (including phenoxy) is 6. The Morgan fingerprint density at radius 2 is 0.707 bits per heavy atom. The summed E-state index contributed by atoms with van der Waals surface area (Å²) < 4.78 is 38.1. The van der Waals surface area contributed by atoms with Crippen molar-refractivity contribution < 1.29 is 71.3 Å². The molecule has 732 valence electrons. The summed E-state index contributed by atoms with van der Waals surface area (Å²) in [7, 11) is 13.1. The molecule has 11 aromatic rings. The van der Waals surface area contributed by atoms with Crippen LogP contribution in [0, 0.1) is 6.92 Å². The third-order valence-electron chi connectivity index (χ3n) is 27.4. The lowest BCUT2D eigenvalue weighted by molar-refractivity contribution is -0.121. The third kappa shape index (κ3) is 22.4. The van der Waals surface area contributed by atoms with E-state index in [1.165, 1.54) is 37.6 Å². The fraction of sp³-hybridized carbons (Fsp3) is 0.367. The van der Waals surface area contributed by atoms with Crippen LogP contribution in [0.5, 0.6) is 34.5 Å². The molecule has 9 aromatic carbocycles. The number of amides is 8. The van der Waals surface area contributed by atoms with Gasteiger partial charge in [0.1, 0.15) is 11.3 Å². The number of hydrogen-bond acceptors (Lipinski definition) is 26. The number of carbonyl (C=O) groups is 8. The number of benzene rings is 9. The summed E-state index contributed by atoms with van der Waals surface area (Å²) in [5, 5.41) is 12.7. The molecule has 6 atom stereocenters. The Bertz CT molecular complexity index is 6150. The zero-order valence-electron chi connectivity index (χ0n) is 81.8. The third-order valence-corrected chi connectivity index (χ3v) is 27.4. The number of hydrogen-bond donors (Lipinski definition) is 3. The first kappa shape index (κ1) is 99.9. The van der Waals surface area contributed by atoms with E-state index in [9.17, 15) is 38.4 Å². The average molecular weight is 1900 g/mol. The Kier molecular flexibility index (Phi) is 33.4. The SMILES string of the molecule is COc1ccc([C@@H](CCCNC(=O)CN(C)C)N2C(=O)c3cccc(N4CCN([C@H](C)c5ccccc5)CC4)c3C2=O)cc1OC.COc1ccc([C@@H](CCCNC(=O)c2cnoc2C)N2C(=O)c3cccc(N4CCN([C@H](C)c5ccccc5)CC4)c3C2=O)cc1OC.COc1ccc([C@@H](CCCNc2ncccn2)N2C(=O)c3cccc(N4CCN([C@H](C)c5ccccc5)CC4)c3C2=O)cc1OC. The first-order valence-electron chi connectivity index (χ1n) is 48.0. The van der Waals surface area contributed by atoms with Gasteiger partial charge >= 0.3 is 0 Å². The molecule has 0 aliphatic carbocycles. The van der Waals surface area contributed by atoms with Crippen LogP contribution >= 0.6 is 0 Å². The molecule has 0 unspecified atom stereocenters. The number of methoxy groups -OCH3 is 6. The second-order valence-corrected chi connectivity index (χ2v) is 35.8. The van der Waals surface area contributed by atoms with Crippen LogP contribution in [-0.2, 0) is 4.79 Å². The van der Waals surface area contributed by atoms with E-state index in [4.69, 9.17) is 32.9 Å². The van der Waals surface area contributed by atoms with Crippen molar-refractivity contribution in [3.8, 4) is 34.5 Å². The fourth-order valence-corrected chi connectivity index (χ4v) is 19.8. The predicted molar refractivity (Wildman–Crippen MR) is 537 cm³/mol.